The second-order valence-electron chi connectivity index (χ2n) is 6.80. The molecule has 1 aromatic carbocycles. The van der Waals surface area contributed by atoms with Crippen LogP contribution < -0.4 is 10.6 Å². The number of guanidine groups is 1. The molecule has 0 atom stereocenters. The quantitative estimate of drug-likeness (QED) is 0.504. The highest BCUT2D eigenvalue weighted by molar-refractivity contribution is 5.79. The molecule has 0 aliphatic rings. The van der Waals surface area contributed by atoms with E-state index in [0.29, 0.717) is 25.2 Å². The van der Waals surface area contributed by atoms with Crippen molar-refractivity contribution in [2.24, 2.45) is 4.99 Å². The van der Waals surface area contributed by atoms with Gasteiger partial charge in [-0.2, -0.15) is 0 Å². The molecule has 0 saturated heterocycles. The van der Waals surface area contributed by atoms with Gasteiger partial charge in [0.2, 0.25) is 0 Å². The Hall–Kier alpha value is -1.59. The molecule has 5 nitrogen and oxygen atoms in total. The van der Waals surface area contributed by atoms with Crippen LogP contribution in [0.4, 0.5) is 0 Å². The third kappa shape index (κ3) is 8.36. The second-order valence-corrected chi connectivity index (χ2v) is 6.80. The summed E-state index contributed by atoms with van der Waals surface area (Å²) in [6.07, 6.45) is 0. The molecule has 0 heterocycles. The lowest BCUT2D eigenvalue weighted by Gasteiger charge is -2.30. The predicted octanol–water partition coefficient (Wildman–Crippen LogP) is 3.01. The van der Waals surface area contributed by atoms with E-state index in [-0.39, 0.29) is 0 Å². The van der Waals surface area contributed by atoms with Gasteiger partial charge in [-0.25, -0.2) is 4.99 Å². The van der Waals surface area contributed by atoms with Crippen LogP contribution in [0.25, 0.3) is 0 Å². The zero-order valence-corrected chi connectivity index (χ0v) is 16.8. The number of nitrogens with one attached hydrogen (secondary N) is 2. The molecule has 0 radical (unpaired) electrons. The third-order valence-corrected chi connectivity index (χ3v) is 4.09. The molecule has 142 valence electrons. The van der Waals surface area contributed by atoms with Gasteiger partial charge < -0.3 is 15.4 Å². The summed E-state index contributed by atoms with van der Waals surface area (Å²) >= 11 is 0. The van der Waals surface area contributed by atoms with Crippen molar-refractivity contribution in [3.63, 3.8) is 0 Å². The predicted molar refractivity (Wildman–Crippen MR) is 107 cm³/mol. The van der Waals surface area contributed by atoms with E-state index in [2.05, 4.69) is 74.4 Å². The van der Waals surface area contributed by atoms with Crippen LogP contribution in [0.3, 0.4) is 0 Å². The van der Waals surface area contributed by atoms with E-state index in [1.165, 1.54) is 11.1 Å². The highest BCUT2D eigenvalue weighted by atomic mass is 16.5. The third-order valence-electron chi connectivity index (χ3n) is 4.09. The lowest BCUT2D eigenvalue weighted by atomic mass is 10.1. The molecule has 0 spiro atoms. The fraction of sp³-hybridized carbons (Fsp3) is 0.650. The van der Waals surface area contributed by atoms with Gasteiger partial charge in [0.15, 0.2) is 5.96 Å². The number of rotatable bonds is 10. The summed E-state index contributed by atoms with van der Waals surface area (Å²) in [6, 6.07) is 9.51. The van der Waals surface area contributed by atoms with Crippen LogP contribution >= 0.6 is 0 Å². The first-order valence-electron chi connectivity index (χ1n) is 9.32. The van der Waals surface area contributed by atoms with E-state index in [0.717, 1.165) is 25.6 Å². The van der Waals surface area contributed by atoms with Crippen LogP contribution in [0.1, 0.15) is 45.7 Å². The van der Waals surface area contributed by atoms with Gasteiger partial charge in [-0.05, 0) is 45.7 Å². The van der Waals surface area contributed by atoms with Crippen LogP contribution in [0.2, 0.25) is 0 Å². The summed E-state index contributed by atoms with van der Waals surface area (Å²) in [7, 11) is 1.71. The van der Waals surface area contributed by atoms with Crippen molar-refractivity contribution in [2.75, 3.05) is 26.7 Å². The Morgan fingerprint density at radius 1 is 1.04 bits per heavy atom. The normalized spacial score (nSPS) is 12.3. The van der Waals surface area contributed by atoms with E-state index >= 15 is 0 Å². The smallest absolute Gasteiger partial charge is 0.191 e. The molecule has 1 rings (SSSR count). The van der Waals surface area contributed by atoms with Crippen molar-refractivity contribution in [1.82, 2.24) is 15.5 Å². The molecule has 0 bridgehead atoms. The monoisotopic (exact) mass is 348 g/mol. The van der Waals surface area contributed by atoms with Crippen LogP contribution in [0.15, 0.2) is 29.3 Å². The van der Waals surface area contributed by atoms with E-state index in [1.54, 1.807) is 7.11 Å². The lowest BCUT2D eigenvalue weighted by molar-refractivity contribution is 0.178. The van der Waals surface area contributed by atoms with Gasteiger partial charge in [-0.3, -0.25) is 4.90 Å². The van der Waals surface area contributed by atoms with Gasteiger partial charge >= 0.3 is 0 Å². The Labute approximate surface area is 153 Å². The van der Waals surface area contributed by atoms with Crippen LogP contribution in [-0.4, -0.2) is 49.7 Å². The van der Waals surface area contributed by atoms with Crippen molar-refractivity contribution in [1.29, 1.82) is 0 Å². The van der Waals surface area contributed by atoms with E-state index in [4.69, 9.17) is 9.73 Å². The topological polar surface area (TPSA) is 48.9 Å². The lowest BCUT2D eigenvalue weighted by Crippen LogP contribution is -2.45. The Morgan fingerprint density at radius 3 is 2.16 bits per heavy atom. The van der Waals surface area contributed by atoms with E-state index in [9.17, 15) is 0 Å². The minimum absolute atomic E-state index is 0.548. The number of benzene rings is 1. The van der Waals surface area contributed by atoms with Crippen molar-refractivity contribution in [3.05, 3.63) is 35.4 Å². The van der Waals surface area contributed by atoms with Gasteiger partial charge in [0.1, 0.15) is 0 Å². The molecule has 2 N–H and O–H groups in total. The molecule has 1 aromatic rings. The zero-order chi connectivity index (χ0) is 18.7. The van der Waals surface area contributed by atoms with Crippen LogP contribution in [0, 0.1) is 0 Å². The standard InChI is InChI=1S/C20H36N4O/c1-7-21-20(22-12-13-24(16(2)3)17(4)5)23-14-18-8-10-19(11-9-18)15-25-6/h8-11,16-17H,7,12-15H2,1-6H3,(H2,21,22,23). The molecule has 0 saturated carbocycles. The summed E-state index contributed by atoms with van der Waals surface area (Å²) < 4.78 is 5.14. The number of ether oxygens (including phenoxy) is 1. The molecule has 0 aliphatic carbocycles. The first-order valence-corrected chi connectivity index (χ1v) is 9.32. The fourth-order valence-corrected chi connectivity index (χ4v) is 2.84. The molecular formula is C20H36N4O. The summed E-state index contributed by atoms with van der Waals surface area (Å²) in [4.78, 5) is 7.17. The number of methoxy groups -OCH3 is 1. The summed E-state index contributed by atoms with van der Waals surface area (Å²) in [5.74, 6) is 0.871. The Kier molecular flexibility index (Phi) is 10.2. The SMILES string of the molecule is CCNC(=NCc1ccc(COC)cc1)NCCN(C(C)C)C(C)C. The zero-order valence-electron chi connectivity index (χ0n) is 16.8. The fourth-order valence-electron chi connectivity index (χ4n) is 2.84. The van der Waals surface area contributed by atoms with E-state index in [1.807, 2.05) is 0 Å². The summed E-state index contributed by atoms with van der Waals surface area (Å²) in [5, 5.41) is 6.76. The highest BCUT2D eigenvalue weighted by Gasteiger charge is 2.12. The maximum Gasteiger partial charge on any atom is 0.191 e. The molecule has 5 heteroatoms. The highest BCUT2D eigenvalue weighted by Crippen LogP contribution is 2.07. The molecule has 0 aliphatic heterocycles. The first kappa shape index (κ1) is 21.5. The van der Waals surface area contributed by atoms with Gasteiger partial charge in [-0.15, -0.1) is 0 Å². The second kappa shape index (κ2) is 11.9. The van der Waals surface area contributed by atoms with Crippen LogP contribution in [-0.2, 0) is 17.9 Å². The molecule has 0 amide bonds. The molecular weight excluding hydrogens is 312 g/mol. The summed E-state index contributed by atoms with van der Waals surface area (Å²) in [6.45, 7) is 15.1. The minimum Gasteiger partial charge on any atom is -0.380 e. The van der Waals surface area contributed by atoms with Gasteiger partial charge in [0.05, 0.1) is 13.2 Å². The number of hydrogen-bond donors (Lipinski definition) is 2. The molecule has 0 unspecified atom stereocenters. The van der Waals surface area contributed by atoms with Gasteiger partial charge in [0.25, 0.3) is 0 Å². The average molecular weight is 349 g/mol. The molecule has 25 heavy (non-hydrogen) atoms. The van der Waals surface area contributed by atoms with Crippen molar-refractivity contribution in [3.8, 4) is 0 Å². The molecule has 0 fully saturated rings. The van der Waals surface area contributed by atoms with Gasteiger partial charge in [-0.1, -0.05) is 24.3 Å². The Balaban J connectivity index is 2.55. The van der Waals surface area contributed by atoms with Crippen molar-refractivity contribution in [2.45, 2.75) is 59.9 Å². The first-order chi connectivity index (χ1) is 12.0. The van der Waals surface area contributed by atoms with E-state index < -0.39 is 0 Å². The largest absolute Gasteiger partial charge is 0.380 e. The summed E-state index contributed by atoms with van der Waals surface area (Å²) in [5.41, 5.74) is 2.38. The number of nitrogens with zero attached hydrogens (tertiary/aromatic N) is 2. The minimum atomic E-state index is 0.548. The number of hydrogen-bond acceptors (Lipinski definition) is 3. The Bertz CT molecular complexity index is 489. The molecule has 0 aromatic heterocycles. The Morgan fingerprint density at radius 2 is 1.64 bits per heavy atom. The average Bonchev–Trinajstić information content (AvgIpc) is 2.57. The van der Waals surface area contributed by atoms with Gasteiger partial charge in [0, 0.05) is 38.8 Å². The van der Waals surface area contributed by atoms with Crippen molar-refractivity contribution >= 4 is 5.96 Å². The number of aliphatic imine (C=N–C) groups is 1. The maximum absolute atomic E-state index is 5.14. The maximum atomic E-state index is 5.14. The van der Waals surface area contributed by atoms with Crippen molar-refractivity contribution < 1.29 is 4.74 Å². The van der Waals surface area contributed by atoms with Crippen LogP contribution in [0.5, 0.6) is 0 Å².